The van der Waals surface area contributed by atoms with E-state index in [1.54, 1.807) is 24.7 Å². The van der Waals surface area contributed by atoms with Crippen LogP contribution in [0.2, 0.25) is 10.0 Å². The summed E-state index contributed by atoms with van der Waals surface area (Å²) >= 11 is 12.3. The van der Waals surface area contributed by atoms with Gasteiger partial charge in [-0.1, -0.05) is 41.9 Å². The molecular formula is C18H11Cl2N7. The molecule has 0 amide bonds. The fourth-order valence-electron chi connectivity index (χ4n) is 2.66. The zero-order chi connectivity index (χ0) is 18.8. The molecule has 1 N–H and O–H groups in total. The molecule has 0 atom stereocenters. The molecule has 4 aromatic rings. The number of imidazole rings is 1. The number of pyridine rings is 1. The van der Waals surface area contributed by atoms with Crippen LogP contribution in [0.5, 0.6) is 0 Å². The van der Waals surface area contributed by atoms with Gasteiger partial charge in [-0.15, -0.1) is 10.3 Å². The van der Waals surface area contributed by atoms with Gasteiger partial charge in [0.1, 0.15) is 11.4 Å². The van der Waals surface area contributed by atoms with Crippen molar-refractivity contribution in [2.75, 3.05) is 0 Å². The number of halogens is 2. The van der Waals surface area contributed by atoms with Crippen LogP contribution in [-0.2, 0) is 6.54 Å². The topological polar surface area (TPSA) is 76.6 Å². The van der Waals surface area contributed by atoms with E-state index in [4.69, 9.17) is 29.8 Å². The molecule has 0 saturated heterocycles. The van der Waals surface area contributed by atoms with E-state index >= 15 is 0 Å². The third-order valence-corrected chi connectivity index (χ3v) is 4.81. The highest BCUT2D eigenvalue weighted by Gasteiger charge is 2.13. The summed E-state index contributed by atoms with van der Waals surface area (Å²) < 4.78 is 1.90. The van der Waals surface area contributed by atoms with Crippen molar-refractivity contribution in [3.05, 3.63) is 76.1 Å². The predicted molar refractivity (Wildman–Crippen MR) is 103 cm³/mol. The minimum Gasteiger partial charge on any atom is -0.357 e. The monoisotopic (exact) mass is 395 g/mol. The van der Waals surface area contributed by atoms with E-state index in [9.17, 15) is 0 Å². The number of benzene rings is 1. The van der Waals surface area contributed by atoms with Gasteiger partial charge in [0.05, 0.1) is 28.6 Å². The van der Waals surface area contributed by atoms with Crippen LogP contribution < -0.4 is 0 Å². The van der Waals surface area contributed by atoms with Gasteiger partial charge in [-0.3, -0.25) is 4.98 Å². The highest BCUT2D eigenvalue weighted by molar-refractivity contribution is 6.42. The molecule has 0 aliphatic heterocycles. The van der Waals surface area contributed by atoms with Crippen LogP contribution in [0.4, 0.5) is 5.82 Å². The van der Waals surface area contributed by atoms with E-state index in [2.05, 4.69) is 30.2 Å². The summed E-state index contributed by atoms with van der Waals surface area (Å²) in [6, 6.07) is 9.14. The highest BCUT2D eigenvalue weighted by atomic mass is 35.5. The van der Waals surface area contributed by atoms with Gasteiger partial charge >= 0.3 is 5.82 Å². The Morgan fingerprint density at radius 1 is 1.11 bits per heavy atom. The Morgan fingerprint density at radius 3 is 2.85 bits per heavy atom. The maximum absolute atomic E-state index is 7.16. The minimum atomic E-state index is 0.216. The Morgan fingerprint density at radius 2 is 2.00 bits per heavy atom. The third kappa shape index (κ3) is 3.40. The normalized spacial score (nSPS) is 10.7. The van der Waals surface area contributed by atoms with Gasteiger partial charge in [-0.25, -0.2) is 4.98 Å². The highest BCUT2D eigenvalue weighted by Crippen LogP contribution is 2.29. The van der Waals surface area contributed by atoms with Crippen molar-refractivity contribution in [3.8, 4) is 22.6 Å². The molecule has 1 aromatic carbocycles. The van der Waals surface area contributed by atoms with Crippen molar-refractivity contribution in [3.63, 3.8) is 0 Å². The lowest BCUT2D eigenvalue weighted by atomic mass is 10.1. The molecule has 0 saturated carbocycles. The van der Waals surface area contributed by atoms with Crippen molar-refractivity contribution in [2.45, 2.75) is 6.54 Å². The molecule has 0 bridgehead atoms. The first-order valence-electron chi connectivity index (χ1n) is 7.85. The van der Waals surface area contributed by atoms with Crippen LogP contribution in [0.15, 0.2) is 49.1 Å². The number of hydrogen-bond donors (Lipinski definition) is 1. The van der Waals surface area contributed by atoms with E-state index in [1.807, 2.05) is 29.0 Å². The molecule has 3 heterocycles. The van der Waals surface area contributed by atoms with Crippen molar-refractivity contribution < 1.29 is 0 Å². The number of aromatic nitrogens is 6. The van der Waals surface area contributed by atoms with E-state index in [-0.39, 0.29) is 5.82 Å². The standard InChI is InChI=1S/C18H11Cl2N7/c1-21-18-17(24-26-25-18)11-5-6-22-14(7-11)15-9-27(10-23-15)8-12-3-2-4-13(19)16(12)20/h2-7,9-10H,8H2,(H,24,25,26). The zero-order valence-corrected chi connectivity index (χ0v) is 15.3. The molecule has 7 nitrogen and oxygen atoms in total. The summed E-state index contributed by atoms with van der Waals surface area (Å²) in [4.78, 5) is 12.1. The number of nitrogens with zero attached hydrogens (tertiary/aromatic N) is 6. The van der Waals surface area contributed by atoms with Crippen molar-refractivity contribution in [2.24, 2.45) is 0 Å². The molecule has 0 unspecified atom stereocenters. The molecule has 27 heavy (non-hydrogen) atoms. The first-order chi connectivity index (χ1) is 13.2. The molecule has 4 rings (SSSR count). The smallest absolute Gasteiger partial charge is 0.323 e. The second-order valence-corrected chi connectivity index (χ2v) is 6.47. The number of hydrogen-bond acceptors (Lipinski definition) is 4. The van der Waals surface area contributed by atoms with Gasteiger partial charge in [-0.2, -0.15) is 0 Å². The average Bonchev–Trinajstić information content (AvgIpc) is 3.35. The summed E-state index contributed by atoms with van der Waals surface area (Å²) in [6.07, 6.45) is 5.24. The van der Waals surface area contributed by atoms with Crippen LogP contribution in [0.3, 0.4) is 0 Å². The van der Waals surface area contributed by atoms with Gasteiger partial charge in [0.2, 0.25) is 0 Å². The fraction of sp³-hybridized carbons (Fsp3) is 0.0556. The zero-order valence-electron chi connectivity index (χ0n) is 13.8. The van der Waals surface area contributed by atoms with E-state index < -0.39 is 0 Å². The Bertz CT molecular complexity index is 1160. The van der Waals surface area contributed by atoms with Crippen molar-refractivity contribution in [1.82, 2.24) is 29.9 Å². The third-order valence-electron chi connectivity index (χ3n) is 3.95. The summed E-state index contributed by atoms with van der Waals surface area (Å²) in [5, 5.41) is 11.4. The van der Waals surface area contributed by atoms with Gasteiger partial charge in [0.15, 0.2) is 0 Å². The first kappa shape index (κ1) is 17.2. The SMILES string of the molecule is [C-]#[N+]c1n[nH]nc1-c1ccnc(-c2cn(Cc3cccc(Cl)c3Cl)cn2)c1. The molecule has 9 heteroatoms. The maximum Gasteiger partial charge on any atom is 0.323 e. The van der Waals surface area contributed by atoms with Crippen LogP contribution in [0.25, 0.3) is 27.5 Å². The molecule has 132 valence electrons. The Kier molecular flexibility index (Phi) is 4.59. The number of H-pyrrole nitrogens is 1. The Balaban J connectivity index is 1.63. The molecule has 0 aliphatic rings. The number of rotatable bonds is 4. The molecule has 0 radical (unpaired) electrons. The lowest BCUT2D eigenvalue weighted by molar-refractivity contribution is 0.798. The Hall–Kier alpha value is -3.21. The van der Waals surface area contributed by atoms with Crippen LogP contribution >= 0.6 is 23.2 Å². The lowest BCUT2D eigenvalue weighted by Crippen LogP contribution is -1.97. The number of nitrogens with one attached hydrogen (secondary N) is 1. The second kappa shape index (κ2) is 7.19. The summed E-state index contributed by atoms with van der Waals surface area (Å²) in [5.74, 6) is 0.216. The molecular weight excluding hydrogens is 385 g/mol. The van der Waals surface area contributed by atoms with E-state index in [0.717, 1.165) is 11.1 Å². The summed E-state index contributed by atoms with van der Waals surface area (Å²) in [7, 11) is 0. The van der Waals surface area contributed by atoms with Crippen LogP contribution in [0, 0.1) is 6.57 Å². The first-order valence-corrected chi connectivity index (χ1v) is 8.61. The van der Waals surface area contributed by atoms with Gasteiger partial charge in [0, 0.05) is 12.4 Å². The molecule has 0 fully saturated rings. The van der Waals surface area contributed by atoms with E-state index in [0.29, 0.717) is 33.7 Å². The maximum atomic E-state index is 7.16. The summed E-state index contributed by atoms with van der Waals surface area (Å²) in [5.41, 5.74) is 3.50. The minimum absolute atomic E-state index is 0.216. The summed E-state index contributed by atoms with van der Waals surface area (Å²) in [6.45, 7) is 7.70. The lowest BCUT2D eigenvalue weighted by Gasteiger charge is -2.06. The van der Waals surface area contributed by atoms with Gasteiger partial charge in [0.25, 0.3) is 0 Å². The predicted octanol–water partition coefficient (Wildman–Crippen LogP) is 4.64. The van der Waals surface area contributed by atoms with Crippen LogP contribution in [0.1, 0.15) is 5.56 Å². The van der Waals surface area contributed by atoms with E-state index in [1.165, 1.54) is 0 Å². The molecule has 0 spiro atoms. The Labute approximate surface area is 164 Å². The second-order valence-electron chi connectivity index (χ2n) is 5.68. The average molecular weight is 396 g/mol. The van der Waals surface area contributed by atoms with Gasteiger partial charge < -0.3 is 9.41 Å². The van der Waals surface area contributed by atoms with Crippen LogP contribution in [-0.4, -0.2) is 29.9 Å². The quantitative estimate of drug-likeness (QED) is 0.510. The molecule has 0 aliphatic carbocycles. The molecule has 3 aromatic heterocycles. The van der Waals surface area contributed by atoms with Crippen molar-refractivity contribution >= 4 is 29.0 Å². The fourth-order valence-corrected chi connectivity index (χ4v) is 3.04. The van der Waals surface area contributed by atoms with Crippen molar-refractivity contribution in [1.29, 1.82) is 0 Å². The largest absolute Gasteiger partial charge is 0.357 e. The van der Waals surface area contributed by atoms with Gasteiger partial charge in [-0.05, 0) is 34.4 Å². The number of aromatic amines is 1.